The minimum atomic E-state index is -0.299. The van der Waals surface area contributed by atoms with E-state index in [1.54, 1.807) is 23.5 Å². The molecule has 1 heterocycles. The van der Waals surface area contributed by atoms with Crippen LogP contribution < -0.4 is 4.74 Å². The van der Waals surface area contributed by atoms with Gasteiger partial charge in [-0.15, -0.1) is 11.3 Å². The topological polar surface area (TPSA) is 12.5 Å². The second-order valence-corrected chi connectivity index (χ2v) is 5.38. The van der Waals surface area contributed by atoms with Crippen molar-refractivity contribution in [2.45, 2.75) is 20.0 Å². The second-order valence-electron chi connectivity index (χ2n) is 4.35. The normalized spacial score (nSPS) is 10.9. The number of benzene rings is 1. The largest absolute Gasteiger partial charge is 0.494 e. The number of rotatable bonds is 6. The first kappa shape index (κ1) is 14.0. The van der Waals surface area contributed by atoms with Crippen LogP contribution in [-0.4, -0.2) is 18.6 Å². The average molecular weight is 279 g/mol. The molecule has 0 radical (unpaired) electrons. The molecule has 0 atom stereocenters. The molecule has 19 heavy (non-hydrogen) atoms. The third-order valence-electron chi connectivity index (χ3n) is 3.03. The second kappa shape index (κ2) is 6.68. The number of thiophene rings is 1. The van der Waals surface area contributed by atoms with E-state index in [1.165, 1.54) is 12.0 Å². The van der Waals surface area contributed by atoms with Crippen LogP contribution in [0.25, 0.3) is 0 Å². The summed E-state index contributed by atoms with van der Waals surface area (Å²) in [5.41, 5.74) is 0.969. The summed E-state index contributed by atoms with van der Waals surface area (Å²) >= 11 is 1.75. The number of methoxy groups -OCH3 is 1. The molecule has 0 saturated carbocycles. The molecule has 2 nitrogen and oxygen atoms in total. The first-order valence-corrected chi connectivity index (χ1v) is 7.18. The highest BCUT2D eigenvalue weighted by molar-refractivity contribution is 7.09. The quantitative estimate of drug-likeness (QED) is 0.794. The Hall–Kier alpha value is -1.39. The fraction of sp³-hybridized carbons (Fsp3) is 0.333. The van der Waals surface area contributed by atoms with E-state index in [4.69, 9.17) is 4.74 Å². The third-order valence-corrected chi connectivity index (χ3v) is 3.89. The van der Waals surface area contributed by atoms with Crippen LogP contribution >= 0.6 is 11.3 Å². The lowest BCUT2D eigenvalue weighted by Gasteiger charge is -2.20. The molecule has 0 amide bonds. The van der Waals surface area contributed by atoms with Crippen molar-refractivity contribution in [3.8, 4) is 5.75 Å². The Morgan fingerprint density at radius 1 is 1.26 bits per heavy atom. The van der Waals surface area contributed by atoms with Crippen LogP contribution in [0.1, 0.15) is 17.4 Å². The smallest absolute Gasteiger partial charge is 0.165 e. The lowest BCUT2D eigenvalue weighted by molar-refractivity contribution is 0.273. The van der Waals surface area contributed by atoms with Gasteiger partial charge in [0, 0.05) is 18.0 Å². The Kier molecular flexibility index (Phi) is 4.93. The zero-order valence-electron chi connectivity index (χ0n) is 11.2. The molecule has 0 spiro atoms. The molecule has 0 aliphatic heterocycles. The van der Waals surface area contributed by atoms with E-state index in [0.29, 0.717) is 5.75 Å². The van der Waals surface area contributed by atoms with Crippen LogP contribution in [0.3, 0.4) is 0 Å². The van der Waals surface area contributed by atoms with E-state index < -0.39 is 0 Å². The summed E-state index contributed by atoms with van der Waals surface area (Å²) in [7, 11) is 1.48. The van der Waals surface area contributed by atoms with Crippen molar-refractivity contribution in [3.63, 3.8) is 0 Å². The lowest BCUT2D eigenvalue weighted by atomic mass is 10.2. The van der Waals surface area contributed by atoms with Crippen LogP contribution in [0.15, 0.2) is 35.7 Å². The van der Waals surface area contributed by atoms with Gasteiger partial charge < -0.3 is 4.74 Å². The Balaban J connectivity index is 2.03. The number of hydrogen-bond donors (Lipinski definition) is 0. The van der Waals surface area contributed by atoms with E-state index in [9.17, 15) is 4.39 Å². The van der Waals surface area contributed by atoms with Gasteiger partial charge in [0.15, 0.2) is 11.6 Å². The van der Waals surface area contributed by atoms with Crippen molar-refractivity contribution in [2.24, 2.45) is 0 Å². The maximum absolute atomic E-state index is 13.6. The number of nitrogens with zero attached hydrogens (tertiary/aromatic N) is 1. The molecule has 0 N–H and O–H groups in total. The Morgan fingerprint density at radius 2 is 2.11 bits per heavy atom. The van der Waals surface area contributed by atoms with E-state index in [1.807, 2.05) is 6.07 Å². The highest BCUT2D eigenvalue weighted by atomic mass is 32.1. The average Bonchev–Trinajstić information content (AvgIpc) is 2.91. The van der Waals surface area contributed by atoms with Gasteiger partial charge in [-0.05, 0) is 35.7 Å². The summed E-state index contributed by atoms with van der Waals surface area (Å²) in [6.07, 6.45) is 0. The van der Waals surface area contributed by atoms with Crippen LogP contribution in [0.5, 0.6) is 5.75 Å². The Bertz CT molecular complexity index is 513. The summed E-state index contributed by atoms with van der Waals surface area (Å²) < 4.78 is 18.6. The Morgan fingerprint density at radius 3 is 2.68 bits per heavy atom. The molecular formula is C15H18FNOS. The zero-order valence-corrected chi connectivity index (χ0v) is 12.0. The Labute approximate surface area is 117 Å². The van der Waals surface area contributed by atoms with Crippen molar-refractivity contribution in [1.82, 2.24) is 4.90 Å². The minimum absolute atomic E-state index is 0.296. The SMILES string of the molecule is CCN(Cc1ccc(OC)c(F)c1)Cc1cccs1. The van der Waals surface area contributed by atoms with Gasteiger partial charge >= 0.3 is 0 Å². The molecule has 0 aliphatic rings. The number of hydrogen-bond acceptors (Lipinski definition) is 3. The molecular weight excluding hydrogens is 261 g/mol. The number of ether oxygens (including phenoxy) is 1. The molecule has 0 bridgehead atoms. The van der Waals surface area contributed by atoms with Crippen molar-refractivity contribution in [3.05, 3.63) is 52.0 Å². The summed E-state index contributed by atoms with van der Waals surface area (Å²) in [5, 5.41) is 2.08. The van der Waals surface area contributed by atoms with Crippen LogP contribution in [0.4, 0.5) is 4.39 Å². The van der Waals surface area contributed by atoms with Crippen molar-refractivity contribution >= 4 is 11.3 Å². The van der Waals surface area contributed by atoms with Gasteiger partial charge in [0.1, 0.15) is 0 Å². The van der Waals surface area contributed by atoms with Crippen LogP contribution in [0.2, 0.25) is 0 Å². The van der Waals surface area contributed by atoms with Crippen molar-refractivity contribution in [2.75, 3.05) is 13.7 Å². The van der Waals surface area contributed by atoms with Crippen molar-refractivity contribution in [1.29, 1.82) is 0 Å². The first-order valence-electron chi connectivity index (χ1n) is 6.30. The molecule has 0 unspecified atom stereocenters. The monoisotopic (exact) mass is 279 g/mol. The molecule has 1 aromatic carbocycles. The predicted octanol–water partition coefficient (Wildman–Crippen LogP) is 3.92. The lowest BCUT2D eigenvalue weighted by Crippen LogP contribution is -2.21. The van der Waals surface area contributed by atoms with Gasteiger partial charge in [0.25, 0.3) is 0 Å². The highest BCUT2D eigenvalue weighted by Gasteiger charge is 2.08. The molecule has 4 heteroatoms. The summed E-state index contributed by atoms with van der Waals surface area (Å²) in [6, 6.07) is 9.33. The summed E-state index contributed by atoms with van der Waals surface area (Å²) in [4.78, 5) is 3.61. The minimum Gasteiger partial charge on any atom is -0.494 e. The molecule has 1 aromatic heterocycles. The summed E-state index contributed by atoms with van der Waals surface area (Å²) in [5.74, 6) is -0.00256. The fourth-order valence-corrected chi connectivity index (χ4v) is 2.72. The third kappa shape index (κ3) is 3.78. The van der Waals surface area contributed by atoms with Gasteiger partial charge in [-0.1, -0.05) is 19.1 Å². The summed E-state index contributed by atoms with van der Waals surface area (Å²) in [6.45, 7) is 4.70. The number of halogens is 1. The standard InChI is InChI=1S/C15H18FNOS/c1-3-17(11-13-5-4-8-19-13)10-12-6-7-15(18-2)14(16)9-12/h4-9H,3,10-11H2,1-2H3. The molecule has 0 fully saturated rings. The molecule has 0 aliphatic carbocycles. The van der Waals surface area contributed by atoms with E-state index in [-0.39, 0.29) is 5.82 Å². The van der Waals surface area contributed by atoms with Crippen LogP contribution in [-0.2, 0) is 13.1 Å². The zero-order chi connectivity index (χ0) is 13.7. The van der Waals surface area contributed by atoms with E-state index in [0.717, 1.165) is 25.2 Å². The molecule has 0 saturated heterocycles. The molecule has 102 valence electrons. The van der Waals surface area contributed by atoms with Gasteiger partial charge in [0.2, 0.25) is 0 Å². The van der Waals surface area contributed by atoms with Gasteiger partial charge in [-0.2, -0.15) is 0 Å². The molecule has 2 rings (SSSR count). The first-order chi connectivity index (χ1) is 9.22. The van der Waals surface area contributed by atoms with Gasteiger partial charge in [0.05, 0.1) is 7.11 Å². The molecule has 2 aromatic rings. The maximum atomic E-state index is 13.6. The fourth-order valence-electron chi connectivity index (χ4n) is 1.97. The predicted molar refractivity (Wildman–Crippen MR) is 77.1 cm³/mol. The maximum Gasteiger partial charge on any atom is 0.165 e. The van der Waals surface area contributed by atoms with E-state index in [2.05, 4.69) is 29.3 Å². The van der Waals surface area contributed by atoms with E-state index >= 15 is 0 Å². The van der Waals surface area contributed by atoms with Gasteiger partial charge in [-0.3, -0.25) is 4.90 Å². The van der Waals surface area contributed by atoms with Gasteiger partial charge in [-0.25, -0.2) is 4.39 Å². The van der Waals surface area contributed by atoms with Crippen molar-refractivity contribution < 1.29 is 9.13 Å². The van der Waals surface area contributed by atoms with Crippen LogP contribution in [0, 0.1) is 5.82 Å². The highest BCUT2D eigenvalue weighted by Crippen LogP contribution is 2.20.